The Bertz CT molecular complexity index is 766. The minimum Gasteiger partial charge on any atom is -0.481 e. The van der Waals surface area contributed by atoms with Crippen molar-refractivity contribution in [3.8, 4) is 0 Å². The molecule has 1 aliphatic rings. The lowest BCUT2D eigenvalue weighted by Gasteiger charge is -2.34. The predicted octanol–water partition coefficient (Wildman–Crippen LogP) is -0.626. The van der Waals surface area contributed by atoms with Gasteiger partial charge in [-0.2, -0.15) is 0 Å². The van der Waals surface area contributed by atoms with Gasteiger partial charge < -0.3 is 36.3 Å². The number of ether oxygens (including phenoxy) is 1. The minimum atomic E-state index is -1.34. The third kappa shape index (κ3) is 8.67. The van der Waals surface area contributed by atoms with Gasteiger partial charge in [0.2, 0.25) is 5.91 Å². The average Bonchev–Trinajstić information content (AvgIpc) is 3.16. The number of aldehydes is 1. The number of nitrogens with zero attached hydrogens (tertiary/aromatic N) is 2. The quantitative estimate of drug-likeness (QED) is 0.118. The summed E-state index contributed by atoms with van der Waals surface area (Å²) in [5, 5.41) is 18.7. The van der Waals surface area contributed by atoms with E-state index in [4.69, 9.17) is 26.7 Å². The zero-order chi connectivity index (χ0) is 25.3. The fraction of sp³-hybridized carbons (Fsp3) is 0.700. The normalized spacial score (nSPS) is 17.6. The Morgan fingerprint density at radius 2 is 1.97 bits per heavy atom. The maximum Gasteiger partial charge on any atom is 0.417 e. The van der Waals surface area contributed by atoms with Gasteiger partial charge >= 0.3 is 12.1 Å². The number of amides is 3. The molecule has 0 bridgehead atoms. The first kappa shape index (κ1) is 27.8. The van der Waals surface area contributed by atoms with Crippen molar-refractivity contribution in [2.24, 2.45) is 11.5 Å². The molecule has 7 N–H and O–H groups in total. The highest BCUT2D eigenvalue weighted by atomic mass is 16.6. The first-order chi connectivity index (χ1) is 15.3. The van der Waals surface area contributed by atoms with E-state index in [0.717, 1.165) is 4.90 Å². The van der Waals surface area contributed by atoms with Crippen LogP contribution in [0.2, 0.25) is 0 Å². The van der Waals surface area contributed by atoms with E-state index in [0.29, 0.717) is 24.0 Å². The van der Waals surface area contributed by atoms with Crippen LogP contribution in [-0.2, 0) is 23.9 Å². The lowest BCUT2D eigenvalue weighted by Crippen LogP contribution is -2.57. The molecule has 0 saturated carbocycles. The van der Waals surface area contributed by atoms with E-state index in [1.807, 2.05) is 0 Å². The maximum atomic E-state index is 13.4. The molecule has 0 aromatic heterocycles. The van der Waals surface area contributed by atoms with Crippen molar-refractivity contribution in [1.29, 1.82) is 5.41 Å². The summed E-state index contributed by atoms with van der Waals surface area (Å²) in [5.74, 6) is -3.02. The second-order valence-electron chi connectivity index (χ2n) is 8.77. The van der Waals surface area contributed by atoms with Crippen molar-refractivity contribution in [2.45, 2.75) is 76.6 Å². The number of carbonyl (C=O) groups is 5. The van der Waals surface area contributed by atoms with E-state index in [1.54, 1.807) is 20.8 Å². The second-order valence-corrected chi connectivity index (χ2v) is 8.77. The van der Waals surface area contributed by atoms with Crippen molar-refractivity contribution in [3.05, 3.63) is 0 Å². The van der Waals surface area contributed by atoms with Gasteiger partial charge in [-0.25, -0.2) is 9.69 Å². The molecule has 0 spiro atoms. The number of carbonyl (C=O) groups excluding carboxylic acids is 4. The topological polar surface area (TPSA) is 209 Å². The Morgan fingerprint density at radius 3 is 2.48 bits per heavy atom. The molecule has 1 saturated heterocycles. The summed E-state index contributed by atoms with van der Waals surface area (Å²) in [5.41, 5.74) is 9.97. The van der Waals surface area contributed by atoms with E-state index < -0.39 is 54.0 Å². The SMILES string of the molecule is CC(C)(C)OC(=O)N(C(=O)[C@@H]1CCCN1C(=O)[C@@H](N)CC(=O)O)[C@H](C=O)CCCNC(=N)N. The molecule has 13 heteroatoms. The standard InChI is InChI=1S/C20H34N6O7/c1-20(2,3)33-19(32)26(12(11-27)6-4-8-24-18(22)23)17(31)14-7-5-9-25(14)16(30)13(21)10-15(28)29/h11-14H,4-10,21H2,1-3H3,(H,28,29)(H4,22,23,24)/t12-,13-,14-/m0/s1. The molecule has 0 aromatic rings. The number of imide groups is 1. The van der Waals surface area contributed by atoms with Gasteiger partial charge in [-0.05, 0) is 46.5 Å². The highest BCUT2D eigenvalue weighted by Crippen LogP contribution is 2.24. The number of hydrogen-bond donors (Lipinski definition) is 5. The first-order valence-corrected chi connectivity index (χ1v) is 10.7. The van der Waals surface area contributed by atoms with Gasteiger partial charge in [0.25, 0.3) is 5.91 Å². The molecule has 186 valence electrons. The summed E-state index contributed by atoms with van der Waals surface area (Å²) in [6, 6.07) is -3.60. The van der Waals surface area contributed by atoms with Crippen LogP contribution >= 0.6 is 0 Å². The van der Waals surface area contributed by atoms with Crippen LogP contribution in [0.4, 0.5) is 4.79 Å². The molecule has 1 rings (SSSR count). The van der Waals surface area contributed by atoms with Gasteiger partial charge in [-0.1, -0.05) is 0 Å². The van der Waals surface area contributed by atoms with Crippen LogP contribution in [0.1, 0.15) is 52.9 Å². The Kier molecular flexibility index (Phi) is 10.2. The molecule has 0 radical (unpaired) electrons. The number of aliphatic carboxylic acids is 1. The fourth-order valence-corrected chi connectivity index (χ4v) is 3.43. The van der Waals surface area contributed by atoms with Crippen LogP contribution in [0.5, 0.6) is 0 Å². The van der Waals surface area contributed by atoms with Gasteiger partial charge in [0.1, 0.15) is 17.9 Å². The third-order valence-electron chi connectivity index (χ3n) is 4.84. The predicted molar refractivity (Wildman–Crippen MR) is 117 cm³/mol. The van der Waals surface area contributed by atoms with Crippen LogP contribution in [-0.4, -0.2) is 87.8 Å². The summed E-state index contributed by atoms with van der Waals surface area (Å²) in [4.78, 5) is 63.6. The Labute approximate surface area is 192 Å². The highest BCUT2D eigenvalue weighted by molar-refractivity contribution is 6.00. The average molecular weight is 471 g/mol. The minimum absolute atomic E-state index is 0.0773. The molecule has 3 amide bonds. The molecule has 13 nitrogen and oxygen atoms in total. The van der Waals surface area contributed by atoms with Crippen LogP contribution in [0.25, 0.3) is 0 Å². The van der Waals surface area contributed by atoms with E-state index in [-0.39, 0.29) is 31.9 Å². The lowest BCUT2D eigenvalue weighted by molar-refractivity contribution is -0.147. The number of hydrogen-bond acceptors (Lipinski definition) is 8. The number of carboxylic acid groups (broad SMARTS) is 1. The molecule has 3 atom stereocenters. The molecule has 1 heterocycles. The van der Waals surface area contributed by atoms with Gasteiger partial charge in [-0.15, -0.1) is 0 Å². The molecule has 0 aromatic carbocycles. The zero-order valence-electron chi connectivity index (χ0n) is 19.2. The molecular weight excluding hydrogens is 436 g/mol. The summed E-state index contributed by atoms with van der Waals surface area (Å²) in [6.45, 7) is 5.23. The van der Waals surface area contributed by atoms with Gasteiger partial charge in [0, 0.05) is 13.1 Å². The smallest absolute Gasteiger partial charge is 0.417 e. The molecule has 33 heavy (non-hydrogen) atoms. The largest absolute Gasteiger partial charge is 0.481 e. The maximum absolute atomic E-state index is 13.4. The van der Waals surface area contributed by atoms with Crippen molar-refractivity contribution in [3.63, 3.8) is 0 Å². The van der Waals surface area contributed by atoms with Crippen molar-refractivity contribution >= 4 is 36.1 Å². The Balaban J connectivity index is 3.13. The van der Waals surface area contributed by atoms with Crippen LogP contribution in [0.3, 0.4) is 0 Å². The third-order valence-corrected chi connectivity index (χ3v) is 4.84. The fourth-order valence-electron chi connectivity index (χ4n) is 3.43. The van der Waals surface area contributed by atoms with Crippen molar-refractivity contribution in [1.82, 2.24) is 15.1 Å². The van der Waals surface area contributed by atoms with E-state index in [9.17, 15) is 24.0 Å². The number of likely N-dealkylation sites (tertiary alicyclic amines) is 1. The number of guanidine groups is 1. The molecule has 1 aliphatic heterocycles. The Hall–Kier alpha value is -3.22. The van der Waals surface area contributed by atoms with Gasteiger partial charge in [0.05, 0.1) is 18.5 Å². The lowest BCUT2D eigenvalue weighted by atomic mass is 10.1. The van der Waals surface area contributed by atoms with Crippen LogP contribution in [0.15, 0.2) is 0 Å². The van der Waals surface area contributed by atoms with Crippen LogP contribution < -0.4 is 16.8 Å². The number of rotatable bonds is 10. The summed E-state index contributed by atoms with van der Waals surface area (Å²) >= 11 is 0. The highest BCUT2D eigenvalue weighted by Gasteiger charge is 2.43. The van der Waals surface area contributed by atoms with Crippen LogP contribution in [0, 0.1) is 5.41 Å². The number of nitrogens with two attached hydrogens (primary N) is 2. The molecule has 0 aliphatic carbocycles. The Morgan fingerprint density at radius 1 is 1.33 bits per heavy atom. The molecule has 0 unspecified atom stereocenters. The number of nitrogens with one attached hydrogen (secondary N) is 2. The monoisotopic (exact) mass is 470 g/mol. The van der Waals surface area contributed by atoms with E-state index >= 15 is 0 Å². The zero-order valence-corrected chi connectivity index (χ0v) is 19.2. The molecular formula is C20H34N6O7. The van der Waals surface area contributed by atoms with E-state index in [2.05, 4.69) is 5.32 Å². The van der Waals surface area contributed by atoms with Crippen molar-refractivity contribution in [2.75, 3.05) is 13.1 Å². The first-order valence-electron chi connectivity index (χ1n) is 10.7. The van der Waals surface area contributed by atoms with Gasteiger partial charge in [-0.3, -0.25) is 19.8 Å². The summed E-state index contributed by atoms with van der Waals surface area (Å²) < 4.78 is 5.34. The number of carboxylic acids is 1. The van der Waals surface area contributed by atoms with Gasteiger partial charge in [0.15, 0.2) is 5.96 Å². The second kappa shape index (κ2) is 12.1. The van der Waals surface area contributed by atoms with E-state index in [1.165, 1.54) is 0 Å². The van der Waals surface area contributed by atoms with Crippen molar-refractivity contribution < 1.29 is 33.8 Å². The summed E-state index contributed by atoms with van der Waals surface area (Å²) in [7, 11) is 0. The summed E-state index contributed by atoms with van der Waals surface area (Å²) in [6.07, 6.45) is -0.128. The molecule has 1 fully saturated rings.